The average Bonchev–Trinajstić information content (AvgIpc) is 2.04. The molecule has 1 atom stereocenters. The summed E-state index contributed by atoms with van der Waals surface area (Å²) in [7, 11) is 0. The van der Waals surface area contributed by atoms with Crippen molar-refractivity contribution in [3.63, 3.8) is 0 Å². The molecule has 0 heteroatoms. The van der Waals surface area contributed by atoms with Crippen LogP contribution in [0.25, 0.3) is 0 Å². The van der Waals surface area contributed by atoms with Gasteiger partial charge in [0.05, 0.1) is 0 Å². The van der Waals surface area contributed by atoms with Gasteiger partial charge in [-0.25, -0.2) is 0 Å². The third-order valence-corrected chi connectivity index (χ3v) is 1.99. The van der Waals surface area contributed by atoms with Crippen molar-refractivity contribution in [1.29, 1.82) is 0 Å². The number of rotatable bonds is 0. The van der Waals surface area contributed by atoms with Gasteiger partial charge in [-0.3, -0.25) is 0 Å². The first-order valence-electron chi connectivity index (χ1n) is 3.74. The van der Waals surface area contributed by atoms with Crippen LogP contribution >= 0.6 is 0 Å². The molecule has 10 heavy (non-hydrogen) atoms. The van der Waals surface area contributed by atoms with Gasteiger partial charge in [0.25, 0.3) is 0 Å². The number of hydrogen-bond acceptors (Lipinski definition) is 0. The maximum atomic E-state index is 3.97. The summed E-state index contributed by atoms with van der Waals surface area (Å²) in [4.78, 5) is 0. The molecule has 0 aromatic heterocycles. The highest BCUT2D eigenvalue weighted by molar-refractivity contribution is 5.29. The zero-order valence-electron chi connectivity index (χ0n) is 6.72. The smallest absolute Gasteiger partial charge is 0.0161 e. The molecule has 0 radical (unpaired) electrons. The fourth-order valence-corrected chi connectivity index (χ4v) is 0.985. The van der Waals surface area contributed by atoms with Crippen molar-refractivity contribution in [2.45, 2.75) is 20.3 Å². The summed E-state index contributed by atoms with van der Waals surface area (Å²) in [5.41, 5.74) is 2.60. The molecule has 0 N–H and O–H groups in total. The first kappa shape index (κ1) is 7.33. The van der Waals surface area contributed by atoms with Gasteiger partial charge in [-0.1, -0.05) is 42.9 Å². The van der Waals surface area contributed by atoms with Crippen molar-refractivity contribution in [2.24, 2.45) is 5.92 Å². The molecule has 1 unspecified atom stereocenters. The lowest BCUT2D eigenvalue weighted by Crippen LogP contribution is -1.91. The van der Waals surface area contributed by atoms with Crippen LogP contribution in [0.4, 0.5) is 0 Å². The Labute approximate surface area is 62.9 Å². The third-order valence-electron chi connectivity index (χ3n) is 1.99. The van der Waals surface area contributed by atoms with Gasteiger partial charge in [-0.15, -0.1) is 0 Å². The van der Waals surface area contributed by atoms with Crippen molar-refractivity contribution in [3.8, 4) is 0 Å². The molecule has 0 heterocycles. The van der Waals surface area contributed by atoms with E-state index in [-0.39, 0.29) is 0 Å². The van der Waals surface area contributed by atoms with Crippen molar-refractivity contribution < 1.29 is 0 Å². The molecular formula is C10H14. The van der Waals surface area contributed by atoms with E-state index in [1.54, 1.807) is 0 Å². The van der Waals surface area contributed by atoms with E-state index in [9.17, 15) is 0 Å². The summed E-state index contributed by atoms with van der Waals surface area (Å²) in [6, 6.07) is 0. The van der Waals surface area contributed by atoms with Gasteiger partial charge >= 0.3 is 0 Å². The van der Waals surface area contributed by atoms with Crippen molar-refractivity contribution in [1.82, 2.24) is 0 Å². The van der Waals surface area contributed by atoms with E-state index in [1.165, 1.54) is 11.1 Å². The van der Waals surface area contributed by atoms with E-state index in [0.29, 0.717) is 5.92 Å². The van der Waals surface area contributed by atoms with Crippen LogP contribution < -0.4 is 0 Å². The van der Waals surface area contributed by atoms with Gasteiger partial charge in [-0.05, 0) is 19.3 Å². The lowest BCUT2D eigenvalue weighted by Gasteiger charge is -2.05. The summed E-state index contributed by atoms with van der Waals surface area (Å²) < 4.78 is 0. The van der Waals surface area contributed by atoms with Crippen molar-refractivity contribution >= 4 is 0 Å². The summed E-state index contributed by atoms with van der Waals surface area (Å²) >= 11 is 0. The molecule has 0 amide bonds. The van der Waals surface area contributed by atoms with Crippen molar-refractivity contribution in [3.05, 3.63) is 36.0 Å². The molecule has 1 aliphatic rings. The second-order valence-electron chi connectivity index (χ2n) is 2.99. The standard InChI is InChI=1S/C10H14/c1-8-4-6-9(2)10(3)7-5-8/h4-6,10H,2,7H2,1,3H3. The Bertz CT molecular complexity index is 194. The van der Waals surface area contributed by atoms with Gasteiger partial charge in [0, 0.05) is 0 Å². The normalized spacial score (nSPS) is 26.0. The SMILES string of the molecule is C=C1C=CC(C)=CCC1C. The van der Waals surface area contributed by atoms with E-state index < -0.39 is 0 Å². The van der Waals surface area contributed by atoms with E-state index in [1.807, 2.05) is 0 Å². The molecule has 0 aromatic rings. The highest BCUT2D eigenvalue weighted by atomic mass is 14.1. The fraction of sp³-hybridized carbons (Fsp3) is 0.400. The maximum Gasteiger partial charge on any atom is -0.0161 e. The molecule has 54 valence electrons. The van der Waals surface area contributed by atoms with E-state index >= 15 is 0 Å². The molecule has 0 saturated heterocycles. The second-order valence-corrected chi connectivity index (χ2v) is 2.99. The third kappa shape index (κ3) is 1.60. The van der Waals surface area contributed by atoms with Gasteiger partial charge in [0.1, 0.15) is 0 Å². The van der Waals surface area contributed by atoms with Gasteiger partial charge in [0.2, 0.25) is 0 Å². The van der Waals surface area contributed by atoms with E-state index in [2.05, 4.69) is 38.7 Å². The average molecular weight is 134 g/mol. The Morgan fingerprint density at radius 1 is 1.50 bits per heavy atom. The quantitative estimate of drug-likeness (QED) is 0.477. The highest BCUT2D eigenvalue weighted by Gasteiger charge is 2.04. The largest absolute Gasteiger partial charge is 0.0955 e. The van der Waals surface area contributed by atoms with Gasteiger partial charge in [-0.2, -0.15) is 0 Å². The van der Waals surface area contributed by atoms with Crippen LogP contribution in [0, 0.1) is 5.92 Å². The molecule has 0 aliphatic heterocycles. The second kappa shape index (κ2) is 2.87. The number of allylic oxidation sites excluding steroid dienone is 5. The molecule has 0 fully saturated rings. The van der Waals surface area contributed by atoms with Crippen LogP contribution in [0.15, 0.2) is 36.0 Å². The van der Waals surface area contributed by atoms with E-state index in [0.717, 1.165) is 6.42 Å². The van der Waals surface area contributed by atoms with Crippen molar-refractivity contribution in [2.75, 3.05) is 0 Å². The maximum absolute atomic E-state index is 3.97. The van der Waals surface area contributed by atoms with Crippen LogP contribution in [-0.2, 0) is 0 Å². The summed E-state index contributed by atoms with van der Waals surface area (Å²) in [6.07, 6.45) is 7.65. The lowest BCUT2D eigenvalue weighted by atomic mass is 10.0. The van der Waals surface area contributed by atoms with Gasteiger partial charge < -0.3 is 0 Å². The Kier molecular flexibility index (Phi) is 2.10. The minimum Gasteiger partial charge on any atom is -0.0955 e. The first-order valence-corrected chi connectivity index (χ1v) is 3.74. The molecule has 0 aromatic carbocycles. The molecule has 0 bridgehead atoms. The summed E-state index contributed by atoms with van der Waals surface area (Å²) in [5, 5.41) is 0. The van der Waals surface area contributed by atoms with Crippen LogP contribution in [0.1, 0.15) is 20.3 Å². The molecular weight excluding hydrogens is 120 g/mol. The Balaban J connectivity index is 2.78. The Morgan fingerprint density at radius 3 is 2.90 bits per heavy atom. The van der Waals surface area contributed by atoms with Gasteiger partial charge in [0.15, 0.2) is 0 Å². The molecule has 0 saturated carbocycles. The van der Waals surface area contributed by atoms with Crippen LogP contribution in [0.3, 0.4) is 0 Å². The van der Waals surface area contributed by atoms with E-state index in [4.69, 9.17) is 0 Å². The predicted octanol–water partition coefficient (Wildman–Crippen LogP) is 3.08. The monoisotopic (exact) mass is 134 g/mol. The Hall–Kier alpha value is -0.780. The van der Waals surface area contributed by atoms with Crippen LogP contribution in [0.5, 0.6) is 0 Å². The fourth-order valence-electron chi connectivity index (χ4n) is 0.985. The highest BCUT2D eigenvalue weighted by Crippen LogP contribution is 2.19. The number of hydrogen-bond donors (Lipinski definition) is 0. The zero-order chi connectivity index (χ0) is 7.56. The lowest BCUT2D eigenvalue weighted by molar-refractivity contribution is 0.717. The Morgan fingerprint density at radius 2 is 2.20 bits per heavy atom. The topological polar surface area (TPSA) is 0 Å². The van der Waals surface area contributed by atoms with Crippen LogP contribution in [0.2, 0.25) is 0 Å². The molecule has 0 spiro atoms. The minimum atomic E-state index is 0.619. The van der Waals surface area contributed by atoms with Crippen LogP contribution in [-0.4, -0.2) is 0 Å². The zero-order valence-corrected chi connectivity index (χ0v) is 6.72. The first-order chi connectivity index (χ1) is 4.70. The summed E-state index contributed by atoms with van der Waals surface area (Å²) in [6.45, 7) is 8.31. The molecule has 1 aliphatic carbocycles. The predicted molar refractivity (Wildman–Crippen MR) is 45.8 cm³/mol. The molecule has 0 nitrogen and oxygen atoms in total. The summed E-state index contributed by atoms with van der Waals surface area (Å²) in [5.74, 6) is 0.619. The molecule has 1 rings (SSSR count). The minimum absolute atomic E-state index is 0.619.